The van der Waals surface area contributed by atoms with Gasteiger partial charge in [-0.05, 0) is 48.6 Å². The molecule has 0 spiro atoms. The lowest BCUT2D eigenvalue weighted by Gasteiger charge is -2.05. The zero-order valence-corrected chi connectivity index (χ0v) is 16.5. The minimum atomic E-state index is -0.101. The summed E-state index contributed by atoms with van der Waals surface area (Å²) in [4.78, 5) is 12.1. The zero-order chi connectivity index (χ0) is 18.5. The molecule has 0 N–H and O–H groups in total. The summed E-state index contributed by atoms with van der Waals surface area (Å²) in [6.45, 7) is 0.241. The Labute approximate surface area is 169 Å². The van der Waals surface area contributed by atoms with Crippen LogP contribution in [-0.2, 0) is 6.61 Å². The second-order valence-electron chi connectivity index (χ2n) is 5.38. The van der Waals surface area contributed by atoms with Gasteiger partial charge in [0.1, 0.15) is 23.9 Å². The number of carbonyl (C=O) groups is 1. The van der Waals surface area contributed by atoms with Crippen molar-refractivity contribution in [2.45, 2.75) is 6.61 Å². The molecule has 0 amide bonds. The van der Waals surface area contributed by atoms with Gasteiger partial charge >= 0.3 is 0 Å². The van der Waals surface area contributed by atoms with Crippen molar-refractivity contribution in [1.29, 1.82) is 0 Å². The molecular weight excluding hydrogens is 439 g/mol. The molecule has 3 aromatic rings. The molecule has 3 nitrogen and oxygen atoms in total. The minimum absolute atomic E-state index is 0.101. The lowest BCUT2D eigenvalue weighted by molar-refractivity contribution is 0.104. The second-order valence-corrected chi connectivity index (χ2v) is 7.11. The summed E-state index contributed by atoms with van der Waals surface area (Å²) >= 11 is 15.2. The van der Waals surface area contributed by atoms with Crippen molar-refractivity contribution in [2.75, 3.05) is 0 Å². The maximum Gasteiger partial charge on any atom is 0.186 e. The lowest BCUT2D eigenvalue weighted by Crippen LogP contribution is -1.94. The summed E-state index contributed by atoms with van der Waals surface area (Å²) < 4.78 is 12.1. The largest absolute Gasteiger partial charge is 0.486 e. The van der Waals surface area contributed by atoms with E-state index in [1.54, 1.807) is 48.5 Å². The first-order valence-corrected chi connectivity index (χ1v) is 9.21. The van der Waals surface area contributed by atoms with Crippen LogP contribution in [0.4, 0.5) is 0 Å². The van der Waals surface area contributed by atoms with Gasteiger partial charge in [-0.2, -0.15) is 0 Å². The molecule has 0 saturated carbocycles. The summed E-state index contributed by atoms with van der Waals surface area (Å²) in [6.07, 6.45) is 3.11. The van der Waals surface area contributed by atoms with Crippen LogP contribution >= 0.6 is 39.1 Å². The van der Waals surface area contributed by atoms with Crippen molar-refractivity contribution >= 4 is 51.0 Å². The Morgan fingerprint density at radius 3 is 2.69 bits per heavy atom. The Morgan fingerprint density at radius 1 is 1.08 bits per heavy atom. The summed E-state index contributed by atoms with van der Waals surface area (Å²) in [7, 11) is 0. The van der Waals surface area contributed by atoms with Crippen molar-refractivity contribution in [3.05, 3.63) is 92.3 Å². The van der Waals surface area contributed by atoms with Gasteiger partial charge in [-0.3, -0.25) is 4.79 Å². The average Bonchev–Trinajstić information content (AvgIpc) is 3.08. The molecule has 0 saturated heterocycles. The van der Waals surface area contributed by atoms with Gasteiger partial charge in [0.2, 0.25) is 0 Å². The molecule has 0 bridgehead atoms. The van der Waals surface area contributed by atoms with Crippen LogP contribution in [0.25, 0.3) is 6.08 Å². The predicted molar refractivity (Wildman–Crippen MR) is 107 cm³/mol. The summed E-state index contributed by atoms with van der Waals surface area (Å²) in [6, 6.07) is 15.8. The molecule has 3 rings (SSSR count). The van der Waals surface area contributed by atoms with E-state index in [4.69, 9.17) is 32.4 Å². The fraction of sp³-hybridized carbons (Fsp3) is 0.0500. The standard InChI is InChI=1S/C20H13BrCl2O3/c21-14-3-1-2-13(10-14)20(24)9-7-15-4-5-17(26-15)12-25-16-6-8-18(22)19(23)11-16/h1-11H,12H2/b9-7+. The van der Waals surface area contributed by atoms with Crippen LogP contribution in [0.15, 0.2) is 69.6 Å². The van der Waals surface area contributed by atoms with E-state index >= 15 is 0 Å². The summed E-state index contributed by atoms with van der Waals surface area (Å²) in [5.41, 5.74) is 0.602. The summed E-state index contributed by atoms with van der Waals surface area (Å²) in [5.74, 6) is 1.70. The number of rotatable bonds is 6. The predicted octanol–water partition coefficient (Wildman–Crippen LogP) is 6.82. The molecule has 0 unspecified atom stereocenters. The Morgan fingerprint density at radius 2 is 1.92 bits per heavy atom. The van der Waals surface area contributed by atoms with E-state index in [9.17, 15) is 4.79 Å². The van der Waals surface area contributed by atoms with Crippen LogP contribution in [0.1, 0.15) is 21.9 Å². The second kappa shape index (κ2) is 8.58. The molecular formula is C20H13BrCl2O3. The van der Waals surface area contributed by atoms with Crippen molar-refractivity contribution in [3.63, 3.8) is 0 Å². The highest BCUT2D eigenvalue weighted by molar-refractivity contribution is 9.10. The number of allylic oxidation sites excluding steroid dienone is 1. The fourth-order valence-electron chi connectivity index (χ4n) is 2.18. The van der Waals surface area contributed by atoms with Crippen molar-refractivity contribution < 1.29 is 13.9 Å². The van der Waals surface area contributed by atoms with E-state index in [1.165, 1.54) is 6.08 Å². The fourth-order valence-corrected chi connectivity index (χ4v) is 2.87. The number of carbonyl (C=O) groups excluding carboxylic acids is 1. The van der Waals surface area contributed by atoms with Gasteiger partial charge in [0.05, 0.1) is 10.0 Å². The normalized spacial score (nSPS) is 11.0. The number of furan rings is 1. The van der Waals surface area contributed by atoms with E-state index in [2.05, 4.69) is 15.9 Å². The van der Waals surface area contributed by atoms with Gasteiger partial charge in [-0.15, -0.1) is 0 Å². The molecule has 2 aromatic carbocycles. The van der Waals surface area contributed by atoms with E-state index in [-0.39, 0.29) is 12.4 Å². The quantitative estimate of drug-likeness (QED) is 0.304. The molecule has 1 heterocycles. The summed E-state index contributed by atoms with van der Waals surface area (Å²) in [5, 5.41) is 0.901. The highest BCUT2D eigenvalue weighted by atomic mass is 79.9. The Hall–Kier alpha value is -2.01. The molecule has 0 aliphatic rings. The third-order valence-electron chi connectivity index (χ3n) is 3.46. The molecule has 0 aliphatic heterocycles. The van der Waals surface area contributed by atoms with Crippen LogP contribution < -0.4 is 4.74 Å². The SMILES string of the molecule is O=C(/C=C/c1ccc(COc2ccc(Cl)c(Cl)c2)o1)c1cccc(Br)c1. The van der Waals surface area contributed by atoms with E-state index in [0.717, 1.165) is 4.47 Å². The maximum atomic E-state index is 12.1. The average molecular weight is 452 g/mol. The number of hydrogen-bond acceptors (Lipinski definition) is 3. The third-order valence-corrected chi connectivity index (χ3v) is 4.69. The van der Waals surface area contributed by atoms with E-state index in [1.807, 2.05) is 12.1 Å². The van der Waals surface area contributed by atoms with Gasteiger partial charge in [0.25, 0.3) is 0 Å². The van der Waals surface area contributed by atoms with Crippen molar-refractivity contribution in [2.24, 2.45) is 0 Å². The smallest absolute Gasteiger partial charge is 0.186 e. The molecule has 0 radical (unpaired) electrons. The van der Waals surface area contributed by atoms with Crippen LogP contribution in [0.5, 0.6) is 5.75 Å². The van der Waals surface area contributed by atoms with Crippen LogP contribution in [0.2, 0.25) is 10.0 Å². The third kappa shape index (κ3) is 5.01. The van der Waals surface area contributed by atoms with Gasteiger partial charge in [0, 0.05) is 16.1 Å². The molecule has 0 atom stereocenters. The lowest BCUT2D eigenvalue weighted by atomic mass is 10.1. The monoisotopic (exact) mass is 450 g/mol. The first-order chi connectivity index (χ1) is 12.5. The van der Waals surface area contributed by atoms with Crippen molar-refractivity contribution in [3.8, 4) is 5.75 Å². The minimum Gasteiger partial charge on any atom is -0.486 e. The van der Waals surface area contributed by atoms with Gasteiger partial charge in [-0.1, -0.05) is 51.3 Å². The van der Waals surface area contributed by atoms with Crippen molar-refractivity contribution in [1.82, 2.24) is 0 Å². The number of ether oxygens (including phenoxy) is 1. The molecule has 6 heteroatoms. The molecule has 26 heavy (non-hydrogen) atoms. The van der Waals surface area contributed by atoms with Gasteiger partial charge < -0.3 is 9.15 Å². The van der Waals surface area contributed by atoms with Crippen LogP contribution in [-0.4, -0.2) is 5.78 Å². The molecule has 0 fully saturated rings. The molecule has 0 aliphatic carbocycles. The Balaban J connectivity index is 1.60. The van der Waals surface area contributed by atoms with Gasteiger partial charge in [-0.25, -0.2) is 0 Å². The van der Waals surface area contributed by atoms with Crippen LogP contribution in [0.3, 0.4) is 0 Å². The number of benzene rings is 2. The highest BCUT2D eigenvalue weighted by Crippen LogP contribution is 2.27. The Kier molecular flexibility index (Phi) is 6.20. The Bertz CT molecular complexity index is 963. The molecule has 132 valence electrons. The maximum absolute atomic E-state index is 12.1. The highest BCUT2D eigenvalue weighted by Gasteiger charge is 2.05. The first-order valence-electron chi connectivity index (χ1n) is 7.66. The molecule has 1 aromatic heterocycles. The number of hydrogen-bond donors (Lipinski definition) is 0. The topological polar surface area (TPSA) is 39.4 Å². The number of halogens is 3. The van der Waals surface area contributed by atoms with E-state index in [0.29, 0.717) is 32.9 Å². The number of ketones is 1. The van der Waals surface area contributed by atoms with Crippen LogP contribution in [0, 0.1) is 0 Å². The van der Waals surface area contributed by atoms with Gasteiger partial charge in [0.15, 0.2) is 5.78 Å². The zero-order valence-electron chi connectivity index (χ0n) is 13.4. The first kappa shape index (κ1) is 18.8. The van der Waals surface area contributed by atoms with E-state index < -0.39 is 0 Å².